The van der Waals surface area contributed by atoms with E-state index >= 15 is 0 Å². The Morgan fingerprint density at radius 3 is 2.38 bits per heavy atom. The van der Waals surface area contributed by atoms with Gasteiger partial charge < -0.3 is 15.6 Å². The number of halogens is 1. The summed E-state index contributed by atoms with van der Waals surface area (Å²) >= 11 is 3.31. The number of nitrogens with two attached hydrogens (primary N) is 1. The van der Waals surface area contributed by atoms with Gasteiger partial charge in [0.05, 0.1) is 0 Å². The van der Waals surface area contributed by atoms with Crippen LogP contribution in [-0.4, -0.2) is 11.8 Å². The molecule has 0 aliphatic heterocycles. The number of rotatable bonds is 4. The highest BCUT2D eigenvalue weighted by atomic mass is 79.9. The predicted molar refractivity (Wildman–Crippen MR) is 81.9 cm³/mol. The van der Waals surface area contributed by atoms with Gasteiger partial charge in [0.2, 0.25) is 0 Å². The minimum atomic E-state index is -1.23. The standard InChI is InChI=1S/C16H14BrNO3/c1-9-6-11(8-14(19)20)15(18)13(7-9)16(21)10-2-4-12(17)5-3-10/h2-7H,8,18H2,1H3,(H,19,20)/p-1. The Morgan fingerprint density at radius 1 is 1.19 bits per heavy atom. The predicted octanol–water partition coefficient (Wildman–Crippen LogP) is 1.86. The molecule has 21 heavy (non-hydrogen) atoms. The van der Waals surface area contributed by atoms with E-state index in [0.29, 0.717) is 16.7 Å². The number of anilines is 1. The highest BCUT2D eigenvalue weighted by molar-refractivity contribution is 9.10. The maximum atomic E-state index is 12.5. The van der Waals surface area contributed by atoms with Gasteiger partial charge in [0.1, 0.15) is 0 Å². The molecule has 0 fully saturated rings. The third-order valence-corrected chi connectivity index (χ3v) is 3.62. The number of hydrogen-bond donors (Lipinski definition) is 1. The van der Waals surface area contributed by atoms with Crippen LogP contribution in [0.2, 0.25) is 0 Å². The number of nitrogen functional groups attached to an aromatic ring is 1. The molecule has 2 aromatic carbocycles. The van der Waals surface area contributed by atoms with Crippen molar-refractivity contribution in [2.45, 2.75) is 13.3 Å². The molecule has 0 spiro atoms. The maximum Gasteiger partial charge on any atom is 0.195 e. The van der Waals surface area contributed by atoms with Gasteiger partial charge in [-0.15, -0.1) is 0 Å². The van der Waals surface area contributed by atoms with Gasteiger partial charge in [-0.05, 0) is 48.4 Å². The average Bonchev–Trinajstić information content (AvgIpc) is 2.42. The van der Waals surface area contributed by atoms with E-state index in [-0.39, 0.29) is 17.9 Å². The van der Waals surface area contributed by atoms with E-state index < -0.39 is 5.97 Å². The molecule has 0 aliphatic rings. The van der Waals surface area contributed by atoms with Crippen LogP contribution in [0, 0.1) is 6.92 Å². The fourth-order valence-electron chi connectivity index (χ4n) is 2.12. The Labute approximate surface area is 130 Å². The van der Waals surface area contributed by atoms with Crippen molar-refractivity contribution in [2.75, 3.05) is 5.73 Å². The Morgan fingerprint density at radius 2 is 1.81 bits per heavy atom. The summed E-state index contributed by atoms with van der Waals surface area (Å²) < 4.78 is 0.869. The number of aryl methyl sites for hydroxylation is 1. The second kappa shape index (κ2) is 6.10. The summed E-state index contributed by atoms with van der Waals surface area (Å²) in [4.78, 5) is 23.3. The quantitative estimate of drug-likeness (QED) is 0.676. The lowest BCUT2D eigenvalue weighted by atomic mass is 9.95. The maximum absolute atomic E-state index is 12.5. The van der Waals surface area contributed by atoms with Crippen LogP contribution in [0.5, 0.6) is 0 Å². The number of carboxylic acid groups (broad SMARTS) is 1. The summed E-state index contributed by atoms with van der Waals surface area (Å²) in [6.45, 7) is 1.79. The van der Waals surface area contributed by atoms with Crippen molar-refractivity contribution in [3.8, 4) is 0 Å². The van der Waals surface area contributed by atoms with Gasteiger partial charge in [0.15, 0.2) is 5.78 Å². The van der Waals surface area contributed by atoms with Crippen LogP contribution in [0.1, 0.15) is 27.0 Å². The van der Waals surface area contributed by atoms with Crippen molar-refractivity contribution in [1.82, 2.24) is 0 Å². The molecule has 2 aromatic rings. The van der Waals surface area contributed by atoms with Crippen molar-refractivity contribution in [3.63, 3.8) is 0 Å². The van der Waals surface area contributed by atoms with Crippen LogP contribution in [-0.2, 0) is 11.2 Å². The van der Waals surface area contributed by atoms with E-state index in [1.807, 2.05) is 0 Å². The van der Waals surface area contributed by atoms with Crippen molar-refractivity contribution < 1.29 is 14.7 Å². The van der Waals surface area contributed by atoms with Gasteiger partial charge in [-0.25, -0.2) is 0 Å². The minimum absolute atomic E-state index is 0.192. The molecule has 2 N–H and O–H groups in total. The molecule has 0 amide bonds. The molecule has 0 bridgehead atoms. The third kappa shape index (κ3) is 3.49. The first kappa shape index (κ1) is 15.3. The molecule has 0 saturated carbocycles. The van der Waals surface area contributed by atoms with E-state index in [9.17, 15) is 14.7 Å². The highest BCUT2D eigenvalue weighted by Crippen LogP contribution is 2.24. The molecular weight excluding hydrogens is 334 g/mol. The SMILES string of the molecule is Cc1cc(CC(=O)[O-])c(N)c(C(=O)c2ccc(Br)cc2)c1. The zero-order valence-corrected chi connectivity index (χ0v) is 12.9. The van der Waals surface area contributed by atoms with Crippen LogP contribution in [0.15, 0.2) is 40.9 Å². The molecule has 2 rings (SSSR count). The van der Waals surface area contributed by atoms with Crippen molar-refractivity contribution in [2.24, 2.45) is 0 Å². The molecule has 0 saturated heterocycles. The molecule has 0 aliphatic carbocycles. The summed E-state index contributed by atoms with van der Waals surface area (Å²) in [7, 11) is 0. The van der Waals surface area contributed by atoms with Crippen LogP contribution in [0.3, 0.4) is 0 Å². The normalized spacial score (nSPS) is 10.4. The molecule has 0 atom stereocenters. The van der Waals surface area contributed by atoms with Crippen LogP contribution < -0.4 is 10.8 Å². The number of carbonyl (C=O) groups is 2. The van der Waals surface area contributed by atoms with Gasteiger partial charge in [0, 0.05) is 33.7 Å². The number of carboxylic acids is 1. The fraction of sp³-hybridized carbons (Fsp3) is 0.125. The largest absolute Gasteiger partial charge is 0.550 e. The van der Waals surface area contributed by atoms with Crippen LogP contribution in [0.25, 0.3) is 0 Å². The average molecular weight is 347 g/mol. The Kier molecular flexibility index (Phi) is 4.43. The van der Waals surface area contributed by atoms with E-state index in [0.717, 1.165) is 10.0 Å². The second-order valence-corrected chi connectivity index (χ2v) is 5.69. The number of benzene rings is 2. The molecule has 0 heterocycles. The van der Waals surface area contributed by atoms with E-state index in [1.54, 1.807) is 43.3 Å². The lowest BCUT2D eigenvalue weighted by Gasteiger charge is -2.13. The summed E-state index contributed by atoms with van der Waals surface area (Å²) in [5.41, 5.74) is 8.13. The van der Waals surface area contributed by atoms with E-state index in [2.05, 4.69) is 15.9 Å². The first-order valence-electron chi connectivity index (χ1n) is 6.27. The summed E-state index contributed by atoms with van der Waals surface area (Å²) in [5, 5.41) is 10.8. The number of ketones is 1. The first-order valence-corrected chi connectivity index (χ1v) is 7.07. The fourth-order valence-corrected chi connectivity index (χ4v) is 2.38. The Balaban J connectivity index is 2.47. The van der Waals surface area contributed by atoms with Crippen molar-refractivity contribution in [3.05, 3.63) is 63.1 Å². The van der Waals surface area contributed by atoms with Crippen molar-refractivity contribution in [1.29, 1.82) is 0 Å². The second-order valence-electron chi connectivity index (χ2n) is 4.77. The molecule has 0 radical (unpaired) electrons. The first-order chi connectivity index (χ1) is 9.88. The summed E-state index contributed by atoms with van der Waals surface area (Å²) in [6.07, 6.45) is -0.311. The lowest BCUT2D eigenvalue weighted by Crippen LogP contribution is -2.25. The van der Waals surface area contributed by atoms with Crippen molar-refractivity contribution >= 4 is 33.4 Å². The van der Waals surface area contributed by atoms with Gasteiger partial charge in [0.25, 0.3) is 0 Å². The monoisotopic (exact) mass is 346 g/mol. The number of aliphatic carboxylic acids is 1. The Bertz CT molecular complexity index is 708. The zero-order chi connectivity index (χ0) is 15.6. The van der Waals surface area contributed by atoms with Crippen LogP contribution >= 0.6 is 15.9 Å². The summed E-state index contributed by atoms with van der Waals surface area (Å²) in [6, 6.07) is 10.2. The topological polar surface area (TPSA) is 83.2 Å². The highest BCUT2D eigenvalue weighted by Gasteiger charge is 2.15. The molecule has 0 aromatic heterocycles. The molecule has 0 unspecified atom stereocenters. The van der Waals surface area contributed by atoms with Gasteiger partial charge in [-0.1, -0.05) is 22.0 Å². The van der Waals surface area contributed by atoms with Crippen LogP contribution in [0.4, 0.5) is 5.69 Å². The number of hydrogen-bond acceptors (Lipinski definition) is 4. The van der Waals surface area contributed by atoms with Gasteiger partial charge in [-0.2, -0.15) is 0 Å². The zero-order valence-electron chi connectivity index (χ0n) is 11.4. The molecule has 4 nitrogen and oxygen atoms in total. The molecule has 108 valence electrons. The minimum Gasteiger partial charge on any atom is -0.550 e. The lowest BCUT2D eigenvalue weighted by molar-refractivity contribution is -0.304. The summed E-state index contributed by atoms with van der Waals surface area (Å²) in [5.74, 6) is -1.46. The van der Waals surface area contributed by atoms with E-state index in [1.165, 1.54) is 0 Å². The third-order valence-electron chi connectivity index (χ3n) is 3.10. The molecule has 5 heteroatoms. The number of carbonyl (C=O) groups excluding carboxylic acids is 2. The Hall–Kier alpha value is -2.14. The molecular formula is C16H13BrNO3-. The smallest absolute Gasteiger partial charge is 0.195 e. The van der Waals surface area contributed by atoms with E-state index in [4.69, 9.17) is 5.73 Å². The van der Waals surface area contributed by atoms with Gasteiger partial charge >= 0.3 is 0 Å². The van der Waals surface area contributed by atoms with Gasteiger partial charge in [-0.3, -0.25) is 4.79 Å².